The Morgan fingerprint density at radius 1 is 0.759 bits per heavy atom. The van der Waals surface area contributed by atoms with Gasteiger partial charge in [0.2, 0.25) is 0 Å². The summed E-state index contributed by atoms with van der Waals surface area (Å²) in [7, 11) is 0. The quantitative estimate of drug-likeness (QED) is 0.172. The van der Waals surface area contributed by atoms with E-state index in [2.05, 4.69) is 137 Å². The van der Waals surface area contributed by atoms with Gasteiger partial charge in [-0.25, -0.2) is 4.79 Å². The Bertz CT molecular complexity index is 1330. The van der Waals surface area contributed by atoms with Crippen molar-refractivity contribution >= 4 is 24.2 Å². The van der Waals surface area contributed by atoms with Gasteiger partial charge in [0.05, 0.1) is 6.61 Å². The minimum Gasteiger partial charge on any atom is -0.381 e. The van der Waals surface area contributed by atoms with E-state index in [0.717, 1.165) is 67.9 Å². The smallest absolute Gasteiger partial charge is 0.315 e. The summed E-state index contributed by atoms with van der Waals surface area (Å²) in [6.07, 6.45) is 24.6. The van der Waals surface area contributed by atoms with Crippen molar-refractivity contribution in [3.8, 4) is 0 Å². The molecule has 2 amide bonds. The number of hydrogen-bond acceptors (Lipinski definition) is 3. The Balaban J connectivity index is 0.000000511. The fourth-order valence-electron chi connectivity index (χ4n) is 12.2. The van der Waals surface area contributed by atoms with E-state index < -0.39 is 0 Å². The van der Waals surface area contributed by atoms with E-state index in [1.807, 2.05) is 0 Å². The van der Waals surface area contributed by atoms with Gasteiger partial charge in [0.1, 0.15) is 0 Å². The molecular formula is C53H96N2O2S. The van der Waals surface area contributed by atoms with Crippen LogP contribution in [0, 0.1) is 58.7 Å². The second kappa shape index (κ2) is 24.8. The molecule has 0 radical (unpaired) electrons. The number of aryl methyl sites for hydroxylation is 1. The van der Waals surface area contributed by atoms with Crippen molar-refractivity contribution in [1.29, 1.82) is 0 Å². The predicted molar refractivity (Wildman–Crippen MR) is 259 cm³/mol. The molecule has 58 heavy (non-hydrogen) atoms. The fourth-order valence-corrected chi connectivity index (χ4v) is 12.4. The van der Waals surface area contributed by atoms with Crippen molar-refractivity contribution in [3.63, 3.8) is 0 Å². The molecule has 8 atom stereocenters. The first kappa shape index (κ1) is 52.7. The lowest BCUT2D eigenvalue weighted by atomic mass is 9.37. The number of amides is 2. The number of ether oxygens (including phenoxy) is 1. The molecule has 0 saturated heterocycles. The van der Waals surface area contributed by atoms with E-state index in [9.17, 15) is 4.79 Å². The van der Waals surface area contributed by atoms with E-state index in [1.54, 1.807) is 5.57 Å². The van der Waals surface area contributed by atoms with Crippen molar-refractivity contribution in [3.05, 3.63) is 41.5 Å². The summed E-state index contributed by atoms with van der Waals surface area (Å²) in [5.41, 5.74) is 5.41. The highest BCUT2D eigenvalue weighted by atomic mass is 32.1. The van der Waals surface area contributed by atoms with Gasteiger partial charge < -0.3 is 15.4 Å². The zero-order chi connectivity index (χ0) is 42.3. The van der Waals surface area contributed by atoms with E-state index in [1.165, 1.54) is 107 Å². The van der Waals surface area contributed by atoms with Gasteiger partial charge in [-0.3, -0.25) is 0 Å². The second-order valence-electron chi connectivity index (χ2n) is 20.2. The molecule has 1 aromatic carbocycles. The Labute approximate surface area is 366 Å². The van der Waals surface area contributed by atoms with Gasteiger partial charge in [-0.15, -0.1) is 0 Å². The Kier molecular flexibility index (Phi) is 22.6. The number of fused-ring (bicyclic) bond motifs is 7. The largest absolute Gasteiger partial charge is 0.381 e. The molecule has 0 aromatic heterocycles. The van der Waals surface area contributed by atoms with Gasteiger partial charge >= 0.3 is 6.03 Å². The molecule has 2 N–H and O–H groups in total. The Hall–Kier alpha value is -1.46. The van der Waals surface area contributed by atoms with Gasteiger partial charge in [-0.05, 0) is 140 Å². The molecule has 0 spiro atoms. The van der Waals surface area contributed by atoms with Crippen LogP contribution in [-0.2, 0) is 4.74 Å². The number of thiol groups is 1. The summed E-state index contributed by atoms with van der Waals surface area (Å²) in [4.78, 5) is 12.8. The minimum absolute atomic E-state index is 0. The first-order valence-electron chi connectivity index (χ1n) is 24.2. The van der Waals surface area contributed by atoms with Crippen LogP contribution in [0.2, 0.25) is 0 Å². The molecule has 5 heteroatoms. The number of unbranched alkanes of at least 4 members (excludes halogenated alkanes) is 1. The molecule has 5 saturated carbocycles. The van der Waals surface area contributed by atoms with E-state index in [-0.39, 0.29) is 24.4 Å². The first-order valence-corrected chi connectivity index (χ1v) is 24.8. The number of carbonyl (C=O) groups excluding carboxylic acids is 1. The van der Waals surface area contributed by atoms with Crippen molar-refractivity contribution in [2.75, 3.05) is 25.5 Å². The molecule has 0 bridgehead atoms. The van der Waals surface area contributed by atoms with Crippen molar-refractivity contribution in [1.82, 2.24) is 10.6 Å². The summed E-state index contributed by atoms with van der Waals surface area (Å²) in [5, 5.41) is 6.69. The Morgan fingerprint density at radius 2 is 1.40 bits per heavy atom. The van der Waals surface area contributed by atoms with Gasteiger partial charge in [0.25, 0.3) is 0 Å². The third-order valence-electron chi connectivity index (χ3n) is 15.3. The summed E-state index contributed by atoms with van der Waals surface area (Å²) < 4.78 is 5.06. The molecule has 0 aliphatic heterocycles. The van der Waals surface area contributed by atoms with Gasteiger partial charge in [-0.2, -0.15) is 12.6 Å². The summed E-state index contributed by atoms with van der Waals surface area (Å²) in [6, 6.07) is 9.36. The number of benzene rings is 1. The summed E-state index contributed by atoms with van der Waals surface area (Å²) in [6.45, 7) is 30.2. The molecule has 4 nitrogen and oxygen atoms in total. The standard InChI is InChI=1S/C36H54N2O.C5H12OS.C4H8.C4H10.C3H8.CH4/c1-7-23-37-32(39)38-36-19-8-9-29(36)26-14-15-31-34(5,28(26)17-22-36)21-18-30-33(3,4)27(16-20-35(30,31)6)25-12-10-24(2)11-13-25;1-2-3-6-4-5-7;1-4-2-3-4;1-3-4-2;1-3-2;/h10-13,16,26,28-31H,7-9,14-15,17-23H2,1-6H3,(H2,37,38,39);7H,2-5H2,1H3;4H,2-3H2,1H3;3-4H2,1-2H3;3H2,1-2H3;1H4. The second-order valence-corrected chi connectivity index (χ2v) is 20.7. The topological polar surface area (TPSA) is 50.4 Å². The molecule has 5 fully saturated rings. The van der Waals surface area contributed by atoms with Crippen molar-refractivity contribution < 1.29 is 9.53 Å². The molecular weight excluding hydrogens is 729 g/mol. The lowest BCUT2D eigenvalue weighted by Crippen LogP contribution is -2.64. The molecule has 7 rings (SSSR count). The molecule has 6 aliphatic carbocycles. The monoisotopic (exact) mass is 825 g/mol. The number of carbonyl (C=O) groups is 1. The highest BCUT2D eigenvalue weighted by molar-refractivity contribution is 7.80. The minimum atomic E-state index is 0. The third-order valence-corrected chi connectivity index (χ3v) is 15.5. The van der Waals surface area contributed by atoms with Crippen LogP contribution in [0.5, 0.6) is 0 Å². The molecule has 6 aliphatic rings. The maximum atomic E-state index is 12.8. The average Bonchev–Trinajstić information content (AvgIpc) is 3.85. The first-order chi connectivity index (χ1) is 27.2. The number of hydrogen-bond donors (Lipinski definition) is 3. The van der Waals surface area contributed by atoms with Gasteiger partial charge in [-0.1, -0.05) is 158 Å². The van der Waals surface area contributed by atoms with E-state index >= 15 is 0 Å². The number of urea groups is 1. The van der Waals surface area contributed by atoms with Crippen LogP contribution in [0.3, 0.4) is 0 Å². The van der Waals surface area contributed by atoms with Crippen LogP contribution < -0.4 is 10.6 Å². The van der Waals surface area contributed by atoms with Crippen LogP contribution in [-0.4, -0.2) is 37.1 Å². The summed E-state index contributed by atoms with van der Waals surface area (Å²) in [5.74, 6) is 5.72. The summed E-state index contributed by atoms with van der Waals surface area (Å²) >= 11 is 3.97. The van der Waals surface area contributed by atoms with Crippen LogP contribution >= 0.6 is 12.6 Å². The number of rotatable bonds is 9. The Morgan fingerprint density at radius 3 is 1.95 bits per heavy atom. The molecule has 0 heterocycles. The SMILES string of the molecule is C.CC1CC1.CCC.CCCC.CCCNC(=O)NC12CCCC1C1CCC3C(C)(CCC4C(C)(C)C(c5ccc(C)cc5)=CCC43C)C1CC2.CCCOCCS. The third kappa shape index (κ3) is 13.0. The van der Waals surface area contributed by atoms with Crippen molar-refractivity contribution in [2.45, 2.75) is 205 Å². The highest BCUT2D eigenvalue weighted by Crippen LogP contribution is 2.72. The zero-order valence-corrected chi connectivity index (χ0v) is 40.4. The van der Waals surface area contributed by atoms with E-state index in [4.69, 9.17) is 4.74 Å². The van der Waals surface area contributed by atoms with Crippen LogP contribution in [0.25, 0.3) is 5.57 Å². The normalized spacial score (nSPS) is 32.2. The average molecular weight is 825 g/mol. The number of nitrogens with one attached hydrogen (secondary N) is 2. The highest BCUT2D eigenvalue weighted by Gasteiger charge is 2.65. The van der Waals surface area contributed by atoms with Gasteiger partial charge in [0.15, 0.2) is 0 Å². The lowest BCUT2D eigenvalue weighted by Gasteiger charge is -2.68. The van der Waals surface area contributed by atoms with Crippen LogP contribution in [0.1, 0.15) is 204 Å². The predicted octanol–water partition coefficient (Wildman–Crippen LogP) is 15.5. The fraction of sp³-hybridized carbons (Fsp3) is 0.830. The zero-order valence-electron chi connectivity index (χ0n) is 39.5. The maximum Gasteiger partial charge on any atom is 0.315 e. The molecule has 1 aromatic rings. The van der Waals surface area contributed by atoms with Gasteiger partial charge in [0, 0.05) is 24.4 Å². The number of allylic oxidation sites excluding steroid dienone is 2. The van der Waals surface area contributed by atoms with E-state index in [0.29, 0.717) is 16.7 Å². The van der Waals surface area contributed by atoms with Crippen LogP contribution in [0.15, 0.2) is 30.3 Å². The molecule has 8 unspecified atom stereocenters. The van der Waals surface area contributed by atoms with Crippen molar-refractivity contribution in [2.24, 2.45) is 51.8 Å². The maximum absolute atomic E-state index is 12.8. The lowest BCUT2D eigenvalue weighted by molar-refractivity contribution is -0.172. The molecule has 336 valence electrons. The van der Waals surface area contributed by atoms with Crippen LogP contribution in [0.4, 0.5) is 4.79 Å².